The van der Waals surface area contributed by atoms with E-state index in [2.05, 4.69) is 10.6 Å². The number of hydrogen-bond acceptors (Lipinski definition) is 2. The maximum absolute atomic E-state index is 13.5. The average molecular weight is 284 g/mol. The van der Waals surface area contributed by atoms with Gasteiger partial charge in [0.1, 0.15) is 5.82 Å². The summed E-state index contributed by atoms with van der Waals surface area (Å²) in [5.74, 6) is -0.873. The van der Waals surface area contributed by atoms with Gasteiger partial charge in [0.15, 0.2) is 0 Å². The van der Waals surface area contributed by atoms with Crippen LogP contribution in [-0.4, -0.2) is 11.8 Å². The molecule has 5 heteroatoms. The van der Waals surface area contributed by atoms with E-state index in [-0.39, 0.29) is 17.5 Å². The second-order valence-corrected chi connectivity index (χ2v) is 4.85. The molecule has 0 saturated carbocycles. The van der Waals surface area contributed by atoms with Crippen LogP contribution in [0.25, 0.3) is 0 Å². The predicted molar refractivity (Wildman–Crippen MR) is 77.7 cm³/mol. The molecule has 0 aliphatic carbocycles. The minimum absolute atomic E-state index is 0.0222. The number of para-hydroxylation sites is 1. The number of hydrogen-bond donors (Lipinski definition) is 2. The number of carbonyl (C=O) groups excluding carboxylic acids is 2. The van der Waals surface area contributed by atoms with Crippen molar-refractivity contribution in [2.24, 2.45) is 0 Å². The largest absolute Gasteiger partial charge is 0.326 e. The van der Waals surface area contributed by atoms with Crippen molar-refractivity contribution in [2.45, 2.75) is 12.8 Å². The van der Waals surface area contributed by atoms with E-state index >= 15 is 0 Å². The fourth-order valence-corrected chi connectivity index (χ4v) is 2.28. The smallest absolute Gasteiger partial charge is 0.255 e. The van der Waals surface area contributed by atoms with E-state index in [9.17, 15) is 14.0 Å². The Balaban J connectivity index is 1.83. The number of aryl methyl sites for hydroxylation is 1. The summed E-state index contributed by atoms with van der Waals surface area (Å²) in [6.07, 6.45) is 1.01. The van der Waals surface area contributed by atoms with Gasteiger partial charge in [0.2, 0.25) is 5.91 Å². The maximum atomic E-state index is 13.5. The summed E-state index contributed by atoms with van der Waals surface area (Å²) in [5.41, 5.74) is 2.23. The molecule has 2 aromatic rings. The Morgan fingerprint density at radius 3 is 2.76 bits per heavy atom. The van der Waals surface area contributed by atoms with E-state index in [1.807, 2.05) is 0 Å². The zero-order chi connectivity index (χ0) is 14.8. The van der Waals surface area contributed by atoms with Gasteiger partial charge in [0.05, 0.1) is 5.69 Å². The summed E-state index contributed by atoms with van der Waals surface area (Å²) in [6.45, 7) is 0. The second kappa shape index (κ2) is 5.36. The van der Waals surface area contributed by atoms with Crippen LogP contribution >= 0.6 is 0 Å². The number of halogens is 1. The van der Waals surface area contributed by atoms with Gasteiger partial charge in [-0.3, -0.25) is 9.59 Å². The number of benzene rings is 2. The molecule has 106 valence electrons. The SMILES string of the molecule is O=C1CCc2cc(C(=O)Nc3ccccc3F)ccc2N1. The van der Waals surface area contributed by atoms with Crippen LogP contribution in [0.5, 0.6) is 0 Å². The van der Waals surface area contributed by atoms with E-state index in [0.717, 1.165) is 11.3 Å². The fourth-order valence-electron chi connectivity index (χ4n) is 2.28. The Bertz CT molecular complexity index is 728. The topological polar surface area (TPSA) is 58.2 Å². The third-order valence-electron chi connectivity index (χ3n) is 3.38. The Morgan fingerprint density at radius 1 is 1.14 bits per heavy atom. The summed E-state index contributed by atoms with van der Waals surface area (Å²) >= 11 is 0. The lowest BCUT2D eigenvalue weighted by molar-refractivity contribution is -0.116. The number of anilines is 2. The van der Waals surface area contributed by atoms with Crippen molar-refractivity contribution in [1.29, 1.82) is 0 Å². The number of nitrogens with one attached hydrogen (secondary N) is 2. The van der Waals surface area contributed by atoms with Gasteiger partial charge in [-0.2, -0.15) is 0 Å². The summed E-state index contributed by atoms with van der Waals surface area (Å²) in [7, 11) is 0. The second-order valence-electron chi connectivity index (χ2n) is 4.85. The third kappa shape index (κ3) is 2.76. The predicted octanol–water partition coefficient (Wildman–Crippen LogP) is 2.96. The molecule has 1 aliphatic heterocycles. The van der Waals surface area contributed by atoms with Crippen LogP contribution in [0.2, 0.25) is 0 Å². The molecule has 2 aromatic carbocycles. The van der Waals surface area contributed by atoms with E-state index in [1.165, 1.54) is 12.1 Å². The molecule has 21 heavy (non-hydrogen) atoms. The van der Waals surface area contributed by atoms with E-state index in [4.69, 9.17) is 0 Å². The lowest BCUT2D eigenvalue weighted by Crippen LogP contribution is -2.20. The zero-order valence-corrected chi connectivity index (χ0v) is 11.2. The molecule has 0 bridgehead atoms. The third-order valence-corrected chi connectivity index (χ3v) is 3.38. The van der Waals surface area contributed by atoms with Crippen molar-refractivity contribution in [2.75, 3.05) is 10.6 Å². The summed E-state index contributed by atoms with van der Waals surface area (Å²) in [4.78, 5) is 23.4. The van der Waals surface area contributed by atoms with Gasteiger partial charge >= 0.3 is 0 Å². The Hall–Kier alpha value is -2.69. The van der Waals surface area contributed by atoms with Crippen molar-refractivity contribution in [1.82, 2.24) is 0 Å². The first-order valence-electron chi connectivity index (χ1n) is 6.62. The van der Waals surface area contributed by atoms with Crippen molar-refractivity contribution in [3.63, 3.8) is 0 Å². The highest BCUT2D eigenvalue weighted by molar-refractivity contribution is 6.05. The van der Waals surface area contributed by atoms with Crippen LogP contribution in [0.3, 0.4) is 0 Å². The van der Waals surface area contributed by atoms with Crippen molar-refractivity contribution in [3.8, 4) is 0 Å². The van der Waals surface area contributed by atoms with Crippen molar-refractivity contribution >= 4 is 23.2 Å². The molecule has 0 atom stereocenters. The van der Waals surface area contributed by atoms with Gasteiger partial charge in [-0.1, -0.05) is 12.1 Å². The first-order chi connectivity index (χ1) is 10.1. The molecule has 3 rings (SSSR count). The molecule has 0 fully saturated rings. The van der Waals surface area contributed by atoms with Crippen LogP contribution in [-0.2, 0) is 11.2 Å². The molecular formula is C16H13FN2O2. The van der Waals surface area contributed by atoms with Crippen LogP contribution in [0.15, 0.2) is 42.5 Å². The minimum atomic E-state index is -0.476. The molecule has 0 unspecified atom stereocenters. The van der Waals surface area contributed by atoms with Crippen molar-refractivity contribution in [3.05, 3.63) is 59.4 Å². The molecule has 2 amide bonds. The van der Waals surface area contributed by atoms with Crippen LogP contribution < -0.4 is 10.6 Å². The zero-order valence-electron chi connectivity index (χ0n) is 11.2. The fraction of sp³-hybridized carbons (Fsp3) is 0.125. The Labute approximate surface area is 121 Å². The highest BCUT2D eigenvalue weighted by Gasteiger charge is 2.17. The molecule has 0 spiro atoms. The maximum Gasteiger partial charge on any atom is 0.255 e. The van der Waals surface area contributed by atoms with E-state index in [1.54, 1.807) is 30.3 Å². The quantitative estimate of drug-likeness (QED) is 0.890. The van der Waals surface area contributed by atoms with Crippen LogP contribution in [0.1, 0.15) is 22.3 Å². The highest BCUT2D eigenvalue weighted by Crippen LogP contribution is 2.24. The standard InChI is InChI=1S/C16H13FN2O2/c17-12-3-1-2-4-14(12)19-16(21)11-5-7-13-10(9-11)6-8-15(20)18-13/h1-5,7,9H,6,8H2,(H,18,20)(H,19,21). The highest BCUT2D eigenvalue weighted by atomic mass is 19.1. The first kappa shape index (κ1) is 13.3. The summed E-state index contributed by atoms with van der Waals surface area (Å²) in [6, 6.07) is 11.0. The molecule has 0 aromatic heterocycles. The number of amides is 2. The normalized spacial score (nSPS) is 13.3. The molecule has 0 saturated heterocycles. The Kier molecular flexibility index (Phi) is 3.39. The van der Waals surface area contributed by atoms with Crippen LogP contribution in [0, 0.1) is 5.82 Å². The Morgan fingerprint density at radius 2 is 1.95 bits per heavy atom. The van der Waals surface area contributed by atoms with Gasteiger partial charge in [-0.25, -0.2) is 4.39 Å². The number of fused-ring (bicyclic) bond motifs is 1. The number of carbonyl (C=O) groups is 2. The average Bonchev–Trinajstić information content (AvgIpc) is 2.49. The van der Waals surface area contributed by atoms with E-state index in [0.29, 0.717) is 18.4 Å². The summed E-state index contributed by atoms with van der Waals surface area (Å²) < 4.78 is 13.5. The summed E-state index contributed by atoms with van der Waals surface area (Å²) in [5, 5.41) is 5.29. The van der Waals surface area contributed by atoms with Crippen LogP contribution in [0.4, 0.5) is 15.8 Å². The lowest BCUT2D eigenvalue weighted by Gasteiger charge is -2.17. The van der Waals surface area contributed by atoms with Gasteiger partial charge < -0.3 is 10.6 Å². The van der Waals surface area contributed by atoms with Gasteiger partial charge in [0, 0.05) is 17.7 Å². The molecular weight excluding hydrogens is 271 g/mol. The molecule has 4 nitrogen and oxygen atoms in total. The van der Waals surface area contributed by atoms with Gasteiger partial charge in [-0.05, 0) is 42.3 Å². The molecule has 2 N–H and O–H groups in total. The lowest BCUT2D eigenvalue weighted by atomic mass is 10.00. The van der Waals surface area contributed by atoms with E-state index < -0.39 is 5.82 Å². The molecule has 1 heterocycles. The first-order valence-corrected chi connectivity index (χ1v) is 6.62. The number of rotatable bonds is 2. The van der Waals surface area contributed by atoms with Gasteiger partial charge in [-0.15, -0.1) is 0 Å². The van der Waals surface area contributed by atoms with Gasteiger partial charge in [0.25, 0.3) is 5.91 Å². The molecule has 1 aliphatic rings. The minimum Gasteiger partial charge on any atom is -0.326 e. The van der Waals surface area contributed by atoms with Crippen molar-refractivity contribution < 1.29 is 14.0 Å². The molecule has 0 radical (unpaired) electrons. The monoisotopic (exact) mass is 284 g/mol.